The summed E-state index contributed by atoms with van der Waals surface area (Å²) in [7, 11) is 0. The largest absolute Gasteiger partial charge is 0.361 e. The normalized spacial score (nSPS) is 18.4. The fourth-order valence-corrected chi connectivity index (χ4v) is 3.29. The van der Waals surface area contributed by atoms with Crippen LogP contribution in [0.3, 0.4) is 0 Å². The summed E-state index contributed by atoms with van der Waals surface area (Å²) in [5.74, 6) is 0. The Hall–Kier alpha value is -1.32. The Morgan fingerprint density at radius 1 is 1.19 bits per heavy atom. The number of piperidine rings is 1. The van der Waals surface area contributed by atoms with E-state index in [4.69, 9.17) is 0 Å². The van der Waals surface area contributed by atoms with Crippen molar-refractivity contribution in [3.63, 3.8) is 0 Å². The molecule has 0 bridgehead atoms. The van der Waals surface area contributed by atoms with E-state index in [1.165, 1.54) is 42.4 Å². The highest BCUT2D eigenvalue weighted by molar-refractivity contribution is 5.82. The lowest BCUT2D eigenvalue weighted by Crippen LogP contribution is -2.49. The summed E-state index contributed by atoms with van der Waals surface area (Å²) in [6.07, 6.45) is 4.64. The van der Waals surface area contributed by atoms with Gasteiger partial charge >= 0.3 is 0 Å². The van der Waals surface area contributed by atoms with Crippen molar-refractivity contribution < 1.29 is 0 Å². The second kappa shape index (κ2) is 5.82. The van der Waals surface area contributed by atoms with Crippen molar-refractivity contribution in [1.29, 1.82) is 0 Å². The SMILES string of the molecule is CC(C)(C)N1CCC(NCc2c[nH]c3ccccc23)CC1. The molecular formula is C18H27N3. The summed E-state index contributed by atoms with van der Waals surface area (Å²) >= 11 is 0. The molecule has 1 aromatic heterocycles. The lowest BCUT2D eigenvalue weighted by Gasteiger charge is -2.41. The third-order valence-corrected chi connectivity index (χ3v) is 4.70. The number of H-pyrrole nitrogens is 1. The number of rotatable bonds is 3. The third-order valence-electron chi connectivity index (χ3n) is 4.70. The molecule has 0 atom stereocenters. The Labute approximate surface area is 127 Å². The molecule has 114 valence electrons. The van der Waals surface area contributed by atoms with E-state index >= 15 is 0 Å². The molecule has 1 aliphatic heterocycles. The van der Waals surface area contributed by atoms with Gasteiger partial charge in [0, 0.05) is 48.3 Å². The first-order chi connectivity index (χ1) is 10.0. The first kappa shape index (κ1) is 14.6. The van der Waals surface area contributed by atoms with E-state index in [1.807, 2.05) is 0 Å². The Morgan fingerprint density at radius 2 is 1.90 bits per heavy atom. The van der Waals surface area contributed by atoms with Crippen LogP contribution in [0.15, 0.2) is 30.5 Å². The molecule has 3 rings (SSSR count). The molecule has 0 spiro atoms. The molecule has 21 heavy (non-hydrogen) atoms. The molecule has 1 saturated heterocycles. The minimum atomic E-state index is 0.307. The van der Waals surface area contributed by atoms with Gasteiger partial charge in [0.05, 0.1) is 0 Å². The molecule has 0 amide bonds. The fourth-order valence-electron chi connectivity index (χ4n) is 3.29. The topological polar surface area (TPSA) is 31.1 Å². The van der Waals surface area contributed by atoms with E-state index in [0.29, 0.717) is 11.6 Å². The standard InChI is InChI=1S/C18H27N3/c1-18(2,3)21-10-8-15(9-11-21)19-12-14-13-20-17-7-5-4-6-16(14)17/h4-7,13,15,19-20H,8-12H2,1-3H3. The zero-order valence-electron chi connectivity index (χ0n) is 13.4. The summed E-state index contributed by atoms with van der Waals surface area (Å²) in [6, 6.07) is 9.18. The van der Waals surface area contributed by atoms with Crippen LogP contribution in [0, 0.1) is 0 Å². The smallest absolute Gasteiger partial charge is 0.0457 e. The number of aromatic amines is 1. The predicted octanol–water partition coefficient (Wildman–Crippen LogP) is 3.52. The number of aromatic nitrogens is 1. The molecule has 2 aromatic rings. The zero-order valence-corrected chi connectivity index (χ0v) is 13.4. The molecule has 3 nitrogen and oxygen atoms in total. The summed E-state index contributed by atoms with van der Waals surface area (Å²) in [4.78, 5) is 5.95. The molecule has 2 heterocycles. The van der Waals surface area contributed by atoms with Crippen molar-refractivity contribution in [3.05, 3.63) is 36.0 Å². The molecule has 1 aromatic carbocycles. The van der Waals surface area contributed by atoms with Gasteiger partial charge in [-0.1, -0.05) is 18.2 Å². The van der Waals surface area contributed by atoms with E-state index in [9.17, 15) is 0 Å². The maximum absolute atomic E-state index is 3.74. The van der Waals surface area contributed by atoms with Gasteiger partial charge in [-0.3, -0.25) is 4.90 Å². The number of hydrogen-bond acceptors (Lipinski definition) is 2. The van der Waals surface area contributed by atoms with Gasteiger partial charge in [0.1, 0.15) is 0 Å². The number of likely N-dealkylation sites (tertiary alicyclic amines) is 1. The summed E-state index contributed by atoms with van der Waals surface area (Å²) in [6.45, 7) is 10.3. The molecule has 0 saturated carbocycles. The van der Waals surface area contributed by atoms with Gasteiger partial charge in [-0.15, -0.1) is 0 Å². The van der Waals surface area contributed by atoms with E-state index in [-0.39, 0.29) is 0 Å². The summed E-state index contributed by atoms with van der Waals surface area (Å²) in [5.41, 5.74) is 2.92. The number of benzene rings is 1. The van der Waals surface area contributed by atoms with Crippen molar-refractivity contribution in [2.45, 2.75) is 51.7 Å². The van der Waals surface area contributed by atoms with Gasteiger partial charge in [-0.05, 0) is 45.2 Å². The van der Waals surface area contributed by atoms with Gasteiger partial charge in [0.15, 0.2) is 0 Å². The van der Waals surface area contributed by atoms with Crippen LogP contribution in [0.25, 0.3) is 10.9 Å². The van der Waals surface area contributed by atoms with Crippen LogP contribution in [-0.2, 0) is 6.54 Å². The summed E-state index contributed by atoms with van der Waals surface area (Å²) < 4.78 is 0. The van der Waals surface area contributed by atoms with Gasteiger partial charge in [0.2, 0.25) is 0 Å². The van der Waals surface area contributed by atoms with Crippen LogP contribution in [-0.4, -0.2) is 34.6 Å². The summed E-state index contributed by atoms with van der Waals surface area (Å²) in [5, 5.41) is 5.09. The van der Waals surface area contributed by atoms with E-state index < -0.39 is 0 Å². The van der Waals surface area contributed by atoms with Gasteiger partial charge < -0.3 is 10.3 Å². The van der Waals surface area contributed by atoms with Crippen LogP contribution in [0.4, 0.5) is 0 Å². The van der Waals surface area contributed by atoms with Crippen molar-refractivity contribution >= 4 is 10.9 Å². The molecule has 0 radical (unpaired) electrons. The highest BCUT2D eigenvalue weighted by Crippen LogP contribution is 2.21. The minimum absolute atomic E-state index is 0.307. The van der Waals surface area contributed by atoms with Gasteiger partial charge in [0.25, 0.3) is 0 Å². The Balaban J connectivity index is 1.55. The first-order valence-corrected chi connectivity index (χ1v) is 8.07. The van der Waals surface area contributed by atoms with Gasteiger partial charge in [-0.2, -0.15) is 0 Å². The van der Waals surface area contributed by atoms with Crippen molar-refractivity contribution in [3.8, 4) is 0 Å². The molecule has 1 aliphatic rings. The highest BCUT2D eigenvalue weighted by atomic mass is 15.2. The van der Waals surface area contributed by atoms with Crippen molar-refractivity contribution in [1.82, 2.24) is 15.2 Å². The second-order valence-corrected chi connectivity index (χ2v) is 7.17. The number of hydrogen-bond donors (Lipinski definition) is 2. The Morgan fingerprint density at radius 3 is 2.62 bits per heavy atom. The average Bonchev–Trinajstić information content (AvgIpc) is 2.88. The van der Waals surface area contributed by atoms with E-state index in [2.05, 4.69) is 66.4 Å². The molecular weight excluding hydrogens is 258 g/mol. The lowest BCUT2D eigenvalue weighted by molar-refractivity contribution is 0.0960. The quantitative estimate of drug-likeness (QED) is 0.904. The average molecular weight is 285 g/mol. The van der Waals surface area contributed by atoms with E-state index in [1.54, 1.807) is 0 Å². The Bertz CT molecular complexity index is 586. The Kier molecular flexibility index (Phi) is 4.05. The minimum Gasteiger partial charge on any atom is -0.361 e. The number of fused-ring (bicyclic) bond motifs is 1. The molecule has 3 heteroatoms. The highest BCUT2D eigenvalue weighted by Gasteiger charge is 2.26. The van der Waals surface area contributed by atoms with Crippen molar-refractivity contribution in [2.75, 3.05) is 13.1 Å². The van der Waals surface area contributed by atoms with Crippen molar-refractivity contribution in [2.24, 2.45) is 0 Å². The maximum Gasteiger partial charge on any atom is 0.0457 e. The van der Waals surface area contributed by atoms with E-state index in [0.717, 1.165) is 6.54 Å². The number of nitrogens with one attached hydrogen (secondary N) is 2. The van der Waals surface area contributed by atoms with Crippen LogP contribution >= 0.6 is 0 Å². The van der Waals surface area contributed by atoms with Gasteiger partial charge in [-0.25, -0.2) is 0 Å². The number of para-hydroxylation sites is 1. The van der Waals surface area contributed by atoms with Crippen LogP contribution in [0.5, 0.6) is 0 Å². The maximum atomic E-state index is 3.74. The van der Waals surface area contributed by atoms with Crippen LogP contribution in [0.1, 0.15) is 39.2 Å². The zero-order chi connectivity index (χ0) is 14.9. The first-order valence-electron chi connectivity index (χ1n) is 8.07. The fraction of sp³-hybridized carbons (Fsp3) is 0.556. The lowest BCUT2D eigenvalue weighted by atomic mass is 9.98. The molecule has 2 N–H and O–H groups in total. The van der Waals surface area contributed by atoms with Crippen LogP contribution in [0.2, 0.25) is 0 Å². The molecule has 0 unspecified atom stereocenters. The molecule has 1 fully saturated rings. The molecule has 0 aliphatic carbocycles. The third kappa shape index (κ3) is 3.30. The second-order valence-electron chi connectivity index (χ2n) is 7.17. The number of nitrogens with zero attached hydrogens (tertiary/aromatic N) is 1. The predicted molar refractivity (Wildman–Crippen MR) is 89.5 cm³/mol. The monoisotopic (exact) mass is 285 g/mol. The van der Waals surface area contributed by atoms with Crippen LogP contribution < -0.4 is 5.32 Å².